The van der Waals surface area contributed by atoms with Crippen molar-refractivity contribution in [2.45, 2.75) is 25.2 Å². The number of hydrogen-bond acceptors (Lipinski definition) is 3. The molecule has 1 fully saturated rings. The minimum absolute atomic E-state index is 0.316. The van der Waals surface area contributed by atoms with Crippen LogP contribution in [0.3, 0.4) is 0 Å². The van der Waals surface area contributed by atoms with E-state index in [0.29, 0.717) is 12.2 Å². The van der Waals surface area contributed by atoms with Gasteiger partial charge in [0.1, 0.15) is 5.75 Å². The minimum Gasteiger partial charge on any atom is -0.406 e. The van der Waals surface area contributed by atoms with Crippen LogP contribution in [0.1, 0.15) is 13.3 Å². The zero-order valence-electron chi connectivity index (χ0n) is 11.4. The Morgan fingerprint density at radius 2 is 2.00 bits per heavy atom. The van der Waals surface area contributed by atoms with Crippen molar-refractivity contribution in [1.29, 1.82) is 0 Å². The van der Waals surface area contributed by atoms with Crippen molar-refractivity contribution in [2.24, 2.45) is 0 Å². The van der Waals surface area contributed by atoms with Gasteiger partial charge in [0.2, 0.25) is 0 Å². The zero-order chi connectivity index (χ0) is 15.5. The van der Waals surface area contributed by atoms with E-state index in [1.54, 1.807) is 0 Å². The third kappa shape index (κ3) is 4.82. The van der Waals surface area contributed by atoms with E-state index in [1.807, 2.05) is 6.92 Å². The van der Waals surface area contributed by atoms with E-state index in [-0.39, 0.29) is 11.3 Å². The van der Waals surface area contributed by atoms with Gasteiger partial charge in [0.15, 0.2) is 0 Å². The number of amides is 2. The molecule has 1 saturated heterocycles. The van der Waals surface area contributed by atoms with Crippen LogP contribution in [0.5, 0.6) is 5.75 Å². The first-order valence-electron chi connectivity index (χ1n) is 6.41. The fraction of sp³-hybridized carbons (Fsp3) is 0.462. The lowest BCUT2D eigenvalue weighted by Crippen LogP contribution is -2.49. The van der Waals surface area contributed by atoms with E-state index in [2.05, 4.69) is 20.7 Å². The number of hydrogen-bond donors (Lipinski definition) is 3. The number of carbonyl (C=O) groups excluding carboxylic acids is 1. The number of alkyl halides is 3. The monoisotopic (exact) mass is 303 g/mol. The average molecular weight is 303 g/mol. The van der Waals surface area contributed by atoms with Gasteiger partial charge in [-0.3, -0.25) is 0 Å². The minimum atomic E-state index is -4.73. The number of ether oxygens (including phenoxy) is 1. The summed E-state index contributed by atoms with van der Waals surface area (Å²) in [5.41, 5.74) is 0.0697. The van der Waals surface area contributed by atoms with Crippen molar-refractivity contribution in [3.05, 3.63) is 24.3 Å². The highest BCUT2D eigenvalue weighted by Crippen LogP contribution is 2.24. The predicted octanol–water partition coefficient (Wildman–Crippen LogP) is 2.46. The molecule has 116 valence electrons. The van der Waals surface area contributed by atoms with Crippen LogP contribution in [-0.2, 0) is 0 Å². The summed E-state index contributed by atoms with van der Waals surface area (Å²) in [5.74, 6) is -0.333. The molecule has 1 aromatic carbocycles. The van der Waals surface area contributed by atoms with Crippen LogP contribution in [0, 0.1) is 0 Å². The molecule has 0 radical (unpaired) electrons. The molecule has 0 aromatic heterocycles. The molecule has 2 amide bonds. The second-order valence-electron chi connectivity index (χ2n) is 5.14. The first-order chi connectivity index (χ1) is 9.76. The van der Waals surface area contributed by atoms with Crippen LogP contribution < -0.4 is 20.7 Å². The van der Waals surface area contributed by atoms with Crippen molar-refractivity contribution in [3.8, 4) is 5.75 Å². The van der Waals surface area contributed by atoms with Gasteiger partial charge in [0, 0.05) is 12.2 Å². The van der Waals surface area contributed by atoms with E-state index in [9.17, 15) is 18.0 Å². The Morgan fingerprint density at radius 3 is 2.52 bits per heavy atom. The van der Waals surface area contributed by atoms with Crippen LogP contribution in [0.4, 0.5) is 23.7 Å². The Balaban J connectivity index is 1.89. The third-order valence-corrected chi connectivity index (χ3v) is 3.13. The Morgan fingerprint density at radius 1 is 1.33 bits per heavy atom. The van der Waals surface area contributed by atoms with Crippen molar-refractivity contribution in [2.75, 3.05) is 18.4 Å². The molecule has 0 saturated carbocycles. The number of nitrogens with one attached hydrogen (secondary N) is 3. The highest BCUT2D eigenvalue weighted by atomic mass is 19.4. The fourth-order valence-electron chi connectivity index (χ4n) is 2.10. The Kier molecular flexibility index (Phi) is 4.26. The van der Waals surface area contributed by atoms with E-state index in [4.69, 9.17) is 0 Å². The normalized spacial score (nSPS) is 21.9. The number of carbonyl (C=O) groups is 1. The molecular formula is C13H16F3N3O2. The summed E-state index contributed by atoms with van der Waals surface area (Å²) in [6, 6.07) is 4.57. The van der Waals surface area contributed by atoms with E-state index in [1.165, 1.54) is 12.1 Å². The van der Waals surface area contributed by atoms with Gasteiger partial charge >= 0.3 is 12.4 Å². The van der Waals surface area contributed by atoms with Crippen molar-refractivity contribution in [1.82, 2.24) is 10.6 Å². The molecule has 0 bridgehead atoms. The van der Waals surface area contributed by atoms with E-state index >= 15 is 0 Å². The second kappa shape index (κ2) is 5.80. The smallest absolute Gasteiger partial charge is 0.406 e. The Hall–Kier alpha value is -1.96. The molecule has 5 nitrogen and oxygen atoms in total. The quantitative estimate of drug-likeness (QED) is 0.804. The lowest BCUT2D eigenvalue weighted by atomic mass is 10.0. The van der Waals surface area contributed by atoms with Gasteiger partial charge in [-0.2, -0.15) is 0 Å². The maximum Gasteiger partial charge on any atom is 0.573 e. The molecule has 8 heteroatoms. The molecule has 21 heavy (non-hydrogen) atoms. The fourth-order valence-corrected chi connectivity index (χ4v) is 2.10. The number of benzene rings is 1. The van der Waals surface area contributed by atoms with Gasteiger partial charge in [-0.15, -0.1) is 13.2 Å². The number of urea groups is 1. The van der Waals surface area contributed by atoms with Crippen LogP contribution in [0.15, 0.2) is 24.3 Å². The number of rotatable bonds is 3. The molecule has 1 heterocycles. The summed E-state index contributed by atoms with van der Waals surface area (Å²) in [5, 5.41) is 8.55. The SMILES string of the molecule is CC1(NC(=O)Nc2ccc(OC(F)(F)F)cc2)CCNC1. The molecule has 2 rings (SSSR count). The molecule has 1 atom stereocenters. The van der Waals surface area contributed by atoms with Crippen LogP contribution in [-0.4, -0.2) is 31.0 Å². The van der Waals surface area contributed by atoms with Crippen LogP contribution in [0.25, 0.3) is 0 Å². The first kappa shape index (κ1) is 15.4. The van der Waals surface area contributed by atoms with E-state index in [0.717, 1.165) is 25.1 Å². The van der Waals surface area contributed by atoms with Crippen molar-refractivity contribution >= 4 is 11.7 Å². The summed E-state index contributed by atoms with van der Waals surface area (Å²) < 4.78 is 39.8. The van der Waals surface area contributed by atoms with Gasteiger partial charge in [-0.05, 0) is 44.2 Å². The van der Waals surface area contributed by atoms with Gasteiger partial charge in [-0.1, -0.05) is 0 Å². The van der Waals surface area contributed by atoms with Gasteiger partial charge in [-0.25, -0.2) is 4.79 Å². The van der Waals surface area contributed by atoms with Crippen LogP contribution >= 0.6 is 0 Å². The lowest BCUT2D eigenvalue weighted by Gasteiger charge is -2.24. The van der Waals surface area contributed by atoms with Gasteiger partial charge < -0.3 is 20.7 Å². The summed E-state index contributed by atoms with van der Waals surface area (Å²) in [6.07, 6.45) is -3.91. The maximum atomic E-state index is 12.0. The first-order valence-corrected chi connectivity index (χ1v) is 6.41. The standard InChI is InChI=1S/C13H16F3N3O2/c1-12(6-7-17-8-12)19-11(20)18-9-2-4-10(5-3-9)21-13(14,15)16/h2-5,17H,6-8H2,1H3,(H2,18,19,20). The maximum absolute atomic E-state index is 12.0. The second-order valence-corrected chi connectivity index (χ2v) is 5.14. The molecule has 1 aliphatic rings. The molecular weight excluding hydrogens is 287 g/mol. The van der Waals surface area contributed by atoms with E-state index < -0.39 is 12.4 Å². The lowest BCUT2D eigenvalue weighted by molar-refractivity contribution is -0.274. The molecule has 1 aliphatic heterocycles. The summed E-state index contributed by atoms with van der Waals surface area (Å²) in [6.45, 7) is 3.44. The summed E-state index contributed by atoms with van der Waals surface area (Å²) >= 11 is 0. The summed E-state index contributed by atoms with van der Waals surface area (Å²) in [7, 11) is 0. The number of halogens is 3. The Bertz CT molecular complexity index is 496. The topological polar surface area (TPSA) is 62.4 Å². The molecule has 3 N–H and O–H groups in total. The molecule has 0 spiro atoms. The molecule has 1 aromatic rings. The van der Waals surface area contributed by atoms with Gasteiger partial charge in [0.05, 0.1) is 5.54 Å². The van der Waals surface area contributed by atoms with Crippen molar-refractivity contribution in [3.63, 3.8) is 0 Å². The molecule has 1 unspecified atom stereocenters. The average Bonchev–Trinajstić information content (AvgIpc) is 2.76. The molecule has 0 aliphatic carbocycles. The number of anilines is 1. The zero-order valence-corrected chi connectivity index (χ0v) is 11.4. The third-order valence-electron chi connectivity index (χ3n) is 3.13. The predicted molar refractivity (Wildman–Crippen MR) is 71.2 cm³/mol. The highest BCUT2D eigenvalue weighted by Gasteiger charge is 2.31. The summed E-state index contributed by atoms with van der Waals surface area (Å²) in [4.78, 5) is 11.8. The Labute approximate surface area is 119 Å². The largest absolute Gasteiger partial charge is 0.573 e. The van der Waals surface area contributed by atoms with Crippen molar-refractivity contribution < 1.29 is 22.7 Å². The van der Waals surface area contributed by atoms with Crippen LogP contribution in [0.2, 0.25) is 0 Å². The van der Waals surface area contributed by atoms with Gasteiger partial charge in [0.25, 0.3) is 0 Å². The highest BCUT2D eigenvalue weighted by molar-refractivity contribution is 5.89.